The third-order valence-electron chi connectivity index (χ3n) is 5.68. The number of nitrogens with zero attached hydrogens (tertiary/aromatic N) is 1. The van der Waals surface area contributed by atoms with Crippen molar-refractivity contribution >= 4 is 11.7 Å². The predicted octanol–water partition coefficient (Wildman–Crippen LogP) is 1.22. The van der Waals surface area contributed by atoms with E-state index in [0.29, 0.717) is 43.8 Å². The summed E-state index contributed by atoms with van der Waals surface area (Å²) in [6, 6.07) is 6.85. The molecule has 1 saturated heterocycles. The zero-order valence-electron chi connectivity index (χ0n) is 14.6. The highest BCUT2D eigenvalue weighted by Crippen LogP contribution is 2.51. The first-order valence-electron chi connectivity index (χ1n) is 8.88. The van der Waals surface area contributed by atoms with Crippen molar-refractivity contribution in [3.05, 3.63) is 35.4 Å². The van der Waals surface area contributed by atoms with Gasteiger partial charge in [-0.1, -0.05) is 12.1 Å². The molecule has 2 atom stereocenters. The molecule has 1 spiro atoms. The smallest absolute Gasteiger partial charge is 0.253 e. The van der Waals surface area contributed by atoms with Gasteiger partial charge in [0.2, 0.25) is 0 Å². The van der Waals surface area contributed by atoms with Crippen LogP contribution in [-0.2, 0) is 4.74 Å². The average Bonchev–Trinajstić information content (AvgIpc) is 2.64. The fourth-order valence-corrected chi connectivity index (χ4v) is 4.01. The maximum absolute atomic E-state index is 12.7. The van der Waals surface area contributed by atoms with Gasteiger partial charge < -0.3 is 20.5 Å². The van der Waals surface area contributed by atoms with E-state index in [2.05, 4.69) is 0 Å². The van der Waals surface area contributed by atoms with Crippen LogP contribution in [0.2, 0.25) is 0 Å². The minimum atomic E-state index is -0.367. The van der Waals surface area contributed by atoms with Gasteiger partial charge in [0.05, 0.1) is 18.8 Å². The van der Waals surface area contributed by atoms with Crippen molar-refractivity contribution in [2.24, 2.45) is 11.1 Å². The van der Waals surface area contributed by atoms with Crippen molar-refractivity contribution < 1.29 is 19.4 Å². The van der Waals surface area contributed by atoms with E-state index < -0.39 is 0 Å². The molecule has 1 aliphatic heterocycles. The summed E-state index contributed by atoms with van der Waals surface area (Å²) in [4.78, 5) is 26.0. The van der Waals surface area contributed by atoms with Crippen LogP contribution in [-0.4, -0.2) is 60.1 Å². The number of ketones is 1. The number of nitrogens with two attached hydrogens (primary N) is 1. The van der Waals surface area contributed by atoms with Crippen molar-refractivity contribution in [3.8, 4) is 0 Å². The number of hydrogen-bond donors (Lipinski definition) is 2. The van der Waals surface area contributed by atoms with Gasteiger partial charge in [-0.2, -0.15) is 0 Å². The van der Waals surface area contributed by atoms with Crippen LogP contribution < -0.4 is 5.73 Å². The number of aliphatic hydroxyl groups is 1. The molecule has 1 aromatic rings. The average molecular weight is 346 g/mol. The summed E-state index contributed by atoms with van der Waals surface area (Å²) in [7, 11) is 0. The largest absolute Gasteiger partial charge is 0.392 e. The molecule has 2 fully saturated rings. The Morgan fingerprint density at radius 1 is 1.32 bits per heavy atom. The molecule has 1 heterocycles. The van der Waals surface area contributed by atoms with Crippen molar-refractivity contribution in [2.45, 2.75) is 38.4 Å². The normalized spacial score (nSPS) is 24.8. The highest BCUT2D eigenvalue weighted by molar-refractivity contribution is 5.99. The van der Waals surface area contributed by atoms with Crippen LogP contribution in [0.4, 0.5) is 0 Å². The molecule has 1 aliphatic carbocycles. The van der Waals surface area contributed by atoms with E-state index in [9.17, 15) is 14.7 Å². The van der Waals surface area contributed by atoms with Crippen molar-refractivity contribution in [2.75, 3.05) is 26.2 Å². The van der Waals surface area contributed by atoms with Crippen LogP contribution in [0.1, 0.15) is 46.9 Å². The molecule has 6 heteroatoms. The Morgan fingerprint density at radius 3 is 2.60 bits per heavy atom. The Kier molecular flexibility index (Phi) is 5.22. The van der Waals surface area contributed by atoms with E-state index in [-0.39, 0.29) is 29.3 Å². The van der Waals surface area contributed by atoms with E-state index in [1.54, 1.807) is 29.2 Å². The molecule has 0 radical (unpaired) electrons. The van der Waals surface area contributed by atoms with Gasteiger partial charge in [-0.05, 0) is 31.9 Å². The Morgan fingerprint density at radius 2 is 2.00 bits per heavy atom. The Labute approximate surface area is 147 Å². The fourth-order valence-electron chi connectivity index (χ4n) is 4.01. The molecule has 1 amide bonds. The fraction of sp³-hybridized carbons (Fsp3) is 0.579. The molecule has 0 unspecified atom stereocenters. The molecule has 0 bridgehead atoms. The van der Waals surface area contributed by atoms with E-state index in [1.165, 1.54) is 6.92 Å². The number of ether oxygens (including phenoxy) is 1. The zero-order chi connectivity index (χ0) is 18.0. The van der Waals surface area contributed by atoms with E-state index in [4.69, 9.17) is 10.5 Å². The van der Waals surface area contributed by atoms with Gasteiger partial charge in [-0.3, -0.25) is 9.59 Å². The molecule has 2 aliphatic rings. The lowest BCUT2D eigenvalue weighted by Gasteiger charge is -2.56. The van der Waals surface area contributed by atoms with Crippen molar-refractivity contribution in [1.82, 2.24) is 4.90 Å². The van der Waals surface area contributed by atoms with Crippen molar-refractivity contribution in [1.29, 1.82) is 0 Å². The Hall–Kier alpha value is -1.76. The van der Waals surface area contributed by atoms with Crippen LogP contribution in [0, 0.1) is 5.41 Å². The summed E-state index contributed by atoms with van der Waals surface area (Å²) in [6.45, 7) is 3.64. The first kappa shape index (κ1) is 18.0. The summed E-state index contributed by atoms with van der Waals surface area (Å²) in [5.41, 5.74) is 6.34. The summed E-state index contributed by atoms with van der Waals surface area (Å²) < 4.78 is 5.79. The highest BCUT2D eigenvalue weighted by Gasteiger charge is 2.56. The number of piperidine rings is 1. The van der Waals surface area contributed by atoms with Crippen LogP contribution in [0.3, 0.4) is 0 Å². The topological polar surface area (TPSA) is 92.9 Å². The molecule has 25 heavy (non-hydrogen) atoms. The molecule has 3 N–H and O–H groups in total. The molecular weight excluding hydrogens is 320 g/mol. The SMILES string of the molecule is CC(=O)c1cccc(C(=O)N2CCC3(CC2)[C@@H](O)C[C@H]3OCCN)c1. The Balaban J connectivity index is 1.65. The number of benzene rings is 1. The van der Waals surface area contributed by atoms with Crippen LogP contribution in [0.15, 0.2) is 24.3 Å². The third kappa shape index (κ3) is 3.34. The van der Waals surface area contributed by atoms with Gasteiger partial charge in [-0.25, -0.2) is 0 Å². The number of carbonyl (C=O) groups is 2. The van der Waals surface area contributed by atoms with E-state index >= 15 is 0 Å². The summed E-state index contributed by atoms with van der Waals surface area (Å²) >= 11 is 0. The van der Waals surface area contributed by atoms with Gasteiger partial charge in [0.15, 0.2) is 5.78 Å². The molecule has 1 aromatic carbocycles. The van der Waals surface area contributed by atoms with E-state index in [1.807, 2.05) is 0 Å². The number of likely N-dealkylation sites (tertiary alicyclic amines) is 1. The standard InChI is InChI=1S/C19H26N2O4/c1-13(22)14-3-2-4-15(11-14)18(24)21-8-5-19(6-9-21)16(23)12-17(19)25-10-7-20/h2-4,11,16-17,23H,5-10,12,20H2,1H3/t16-,17+/m0/s1. The maximum Gasteiger partial charge on any atom is 0.253 e. The second-order valence-electron chi connectivity index (χ2n) is 7.06. The maximum atomic E-state index is 12.7. The number of Topliss-reactive ketones (excluding diaryl/α,β-unsaturated/α-hetero) is 1. The first-order valence-corrected chi connectivity index (χ1v) is 8.88. The first-order chi connectivity index (χ1) is 12.0. The van der Waals surface area contributed by atoms with Crippen molar-refractivity contribution in [3.63, 3.8) is 0 Å². The molecule has 0 aromatic heterocycles. The number of hydrogen-bond acceptors (Lipinski definition) is 5. The second-order valence-corrected chi connectivity index (χ2v) is 7.06. The van der Waals surface area contributed by atoms with E-state index in [0.717, 1.165) is 12.8 Å². The number of carbonyl (C=O) groups excluding carboxylic acids is 2. The Bertz CT molecular complexity index is 653. The highest BCUT2D eigenvalue weighted by atomic mass is 16.5. The van der Waals surface area contributed by atoms with Crippen LogP contribution in [0.25, 0.3) is 0 Å². The zero-order valence-corrected chi connectivity index (χ0v) is 14.6. The molecule has 1 saturated carbocycles. The molecule has 136 valence electrons. The number of rotatable bonds is 5. The van der Waals surface area contributed by atoms with Gasteiger partial charge in [-0.15, -0.1) is 0 Å². The summed E-state index contributed by atoms with van der Waals surface area (Å²) in [5, 5.41) is 10.3. The lowest BCUT2D eigenvalue weighted by Crippen LogP contribution is -2.62. The van der Waals surface area contributed by atoms with Gasteiger partial charge >= 0.3 is 0 Å². The van der Waals surface area contributed by atoms with Gasteiger partial charge in [0.1, 0.15) is 0 Å². The minimum Gasteiger partial charge on any atom is -0.392 e. The second kappa shape index (κ2) is 7.23. The lowest BCUT2D eigenvalue weighted by atomic mass is 9.58. The molecule has 6 nitrogen and oxygen atoms in total. The van der Waals surface area contributed by atoms with Gasteiger partial charge in [0, 0.05) is 42.6 Å². The lowest BCUT2D eigenvalue weighted by molar-refractivity contribution is -0.207. The van der Waals surface area contributed by atoms with Gasteiger partial charge in [0.25, 0.3) is 5.91 Å². The minimum absolute atomic E-state index is 0.0318. The predicted molar refractivity (Wildman–Crippen MR) is 93.4 cm³/mol. The monoisotopic (exact) mass is 346 g/mol. The van der Waals surface area contributed by atoms with Crippen LogP contribution in [0.5, 0.6) is 0 Å². The summed E-state index contributed by atoms with van der Waals surface area (Å²) in [6.07, 6.45) is 1.76. The molecule has 3 rings (SSSR count). The quantitative estimate of drug-likeness (QED) is 0.782. The number of amides is 1. The third-order valence-corrected chi connectivity index (χ3v) is 5.68. The molecular formula is C19H26N2O4. The number of aliphatic hydroxyl groups excluding tert-OH is 1. The summed E-state index contributed by atoms with van der Waals surface area (Å²) in [5.74, 6) is -0.115. The van der Waals surface area contributed by atoms with Crippen LogP contribution >= 0.6 is 0 Å².